The molecular weight excluding hydrogens is 186 g/mol. The van der Waals surface area contributed by atoms with Gasteiger partial charge in [0.25, 0.3) is 0 Å². The fourth-order valence-corrected chi connectivity index (χ4v) is 1.45. The van der Waals surface area contributed by atoms with E-state index in [1.807, 2.05) is 11.6 Å². The van der Waals surface area contributed by atoms with E-state index in [1.165, 1.54) is 5.69 Å². The Bertz CT molecular complexity index is 337. The Balaban J connectivity index is 2.48. The molecule has 0 saturated carbocycles. The van der Waals surface area contributed by atoms with E-state index in [0.717, 1.165) is 24.4 Å². The van der Waals surface area contributed by atoms with Gasteiger partial charge in [-0.2, -0.15) is 5.10 Å². The summed E-state index contributed by atoms with van der Waals surface area (Å²) in [6.45, 7) is 14.1. The zero-order valence-electron chi connectivity index (χ0n) is 10.2. The van der Waals surface area contributed by atoms with Crippen molar-refractivity contribution in [1.29, 1.82) is 0 Å². The Morgan fingerprint density at radius 1 is 1.53 bits per heavy atom. The molecule has 0 atom stereocenters. The Labute approximate surface area is 92.2 Å². The fourth-order valence-electron chi connectivity index (χ4n) is 1.45. The molecule has 0 aliphatic rings. The Morgan fingerprint density at radius 2 is 2.20 bits per heavy atom. The van der Waals surface area contributed by atoms with Crippen molar-refractivity contribution in [1.82, 2.24) is 15.1 Å². The van der Waals surface area contributed by atoms with Crippen molar-refractivity contribution in [2.24, 2.45) is 0 Å². The first-order chi connectivity index (χ1) is 6.99. The minimum absolute atomic E-state index is 0.502. The molecule has 84 valence electrons. The van der Waals surface area contributed by atoms with Crippen LogP contribution in [0.2, 0.25) is 0 Å². The Hall–Kier alpha value is -1.09. The van der Waals surface area contributed by atoms with Crippen LogP contribution < -0.4 is 5.32 Å². The molecule has 3 heteroatoms. The van der Waals surface area contributed by atoms with E-state index in [9.17, 15) is 0 Å². The van der Waals surface area contributed by atoms with Gasteiger partial charge in [-0.3, -0.25) is 4.68 Å². The molecule has 1 aromatic rings. The SMILES string of the molecule is C=C(CNC(C)C)Cn1nc(C)cc1C. The quantitative estimate of drug-likeness (QED) is 0.749. The van der Waals surface area contributed by atoms with Gasteiger partial charge in [-0.05, 0) is 25.5 Å². The highest BCUT2D eigenvalue weighted by Gasteiger charge is 2.03. The van der Waals surface area contributed by atoms with Crippen molar-refractivity contribution in [2.75, 3.05) is 6.54 Å². The van der Waals surface area contributed by atoms with Crippen molar-refractivity contribution in [2.45, 2.75) is 40.3 Å². The molecule has 0 unspecified atom stereocenters. The largest absolute Gasteiger partial charge is 0.311 e. The summed E-state index contributed by atoms with van der Waals surface area (Å²) in [6, 6.07) is 2.59. The molecule has 0 bridgehead atoms. The van der Waals surface area contributed by atoms with Crippen LogP contribution in [0.1, 0.15) is 25.2 Å². The van der Waals surface area contributed by atoms with Crippen LogP contribution in [0.3, 0.4) is 0 Å². The normalized spacial score (nSPS) is 11.0. The van der Waals surface area contributed by atoms with E-state index in [4.69, 9.17) is 0 Å². The second-order valence-corrected chi connectivity index (χ2v) is 4.37. The highest BCUT2D eigenvalue weighted by atomic mass is 15.3. The highest BCUT2D eigenvalue weighted by Crippen LogP contribution is 2.04. The minimum Gasteiger partial charge on any atom is -0.311 e. The first kappa shape index (κ1) is 12.0. The van der Waals surface area contributed by atoms with Gasteiger partial charge in [-0.15, -0.1) is 0 Å². The van der Waals surface area contributed by atoms with Gasteiger partial charge in [-0.1, -0.05) is 20.4 Å². The van der Waals surface area contributed by atoms with Crippen LogP contribution in [0, 0.1) is 13.8 Å². The Morgan fingerprint density at radius 3 is 2.67 bits per heavy atom. The number of nitrogens with one attached hydrogen (secondary N) is 1. The summed E-state index contributed by atoms with van der Waals surface area (Å²) in [7, 11) is 0. The molecule has 0 amide bonds. The van der Waals surface area contributed by atoms with E-state index in [2.05, 4.69) is 43.8 Å². The molecule has 0 saturated heterocycles. The summed E-state index contributed by atoms with van der Waals surface area (Å²) in [4.78, 5) is 0. The van der Waals surface area contributed by atoms with Crippen LogP contribution in [0.5, 0.6) is 0 Å². The third kappa shape index (κ3) is 3.88. The van der Waals surface area contributed by atoms with E-state index < -0.39 is 0 Å². The molecule has 0 fully saturated rings. The molecule has 0 aliphatic heterocycles. The van der Waals surface area contributed by atoms with E-state index in [-0.39, 0.29) is 0 Å². The van der Waals surface area contributed by atoms with Gasteiger partial charge in [0.1, 0.15) is 0 Å². The van der Waals surface area contributed by atoms with E-state index in [1.54, 1.807) is 0 Å². The van der Waals surface area contributed by atoms with Crippen LogP contribution in [0.15, 0.2) is 18.2 Å². The van der Waals surface area contributed by atoms with Gasteiger partial charge in [0.05, 0.1) is 12.2 Å². The number of nitrogens with zero attached hydrogens (tertiary/aromatic N) is 2. The average Bonchev–Trinajstić information content (AvgIpc) is 2.42. The van der Waals surface area contributed by atoms with Gasteiger partial charge in [0.15, 0.2) is 0 Å². The van der Waals surface area contributed by atoms with Crippen LogP contribution in [-0.4, -0.2) is 22.4 Å². The number of aromatic nitrogens is 2. The third-order valence-electron chi connectivity index (χ3n) is 2.24. The summed E-state index contributed by atoms with van der Waals surface area (Å²) >= 11 is 0. The van der Waals surface area contributed by atoms with Crippen LogP contribution >= 0.6 is 0 Å². The molecule has 0 aromatic carbocycles. The standard InChI is InChI=1S/C12H21N3/c1-9(2)13-7-10(3)8-15-12(5)6-11(4)14-15/h6,9,13H,3,7-8H2,1-2,4-5H3. The van der Waals surface area contributed by atoms with Gasteiger partial charge < -0.3 is 5.32 Å². The lowest BCUT2D eigenvalue weighted by molar-refractivity contribution is 0.581. The summed E-state index contributed by atoms with van der Waals surface area (Å²) < 4.78 is 2.00. The monoisotopic (exact) mass is 207 g/mol. The maximum Gasteiger partial charge on any atom is 0.0632 e. The predicted octanol–water partition coefficient (Wildman–Crippen LogP) is 2.05. The van der Waals surface area contributed by atoms with Crippen molar-refractivity contribution in [3.63, 3.8) is 0 Å². The molecule has 1 heterocycles. The summed E-state index contributed by atoms with van der Waals surface area (Å²) in [5.74, 6) is 0. The van der Waals surface area contributed by atoms with Crippen molar-refractivity contribution in [3.05, 3.63) is 29.6 Å². The second-order valence-electron chi connectivity index (χ2n) is 4.37. The maximum atomic E-state index is 4.41. The smallest absolute Gasteiger partial charge is 0.0632 e. The topological polar surface area (TPSA) is 29.9 Å². The third-order valence-corrected chi connectivity index (χ3v) is 2.24. The molecule has 1 rings (SSSR count). The first-order valence-electron chi connectivity index (χ1n) is 5.40. The minimum atomic E-state index is 0.502. The summed E-state index contributed by atoms with van der Waals surface area (Å²) in [5, 5.41) is 7.76. The van der Waals surface area contributed by atoms with Crippen molar-refractivity contribution >= 4 is 0 Å². The van der Waals surface area contributed by atoms with Crippen LogP contribution in [0.25, 0.3) is 0 Å². The lowest BCUT2D eigenvalue weighted by Crippen LogP contribution is -2.26. The lowest BCUT2D eigenvalue weighted by atomic mass is 10.2. The average molecular weight is 207 g/mol. The van der Waals surface area contributed by atoms with Gasteiger partial charge >= 0.3 is 0 Å². The number of hydrogen-bond acceptors (Lipinski definition) is 2. The number of hydrogen-bond donors (Lipinski definition) is 1. The van der Waals surface area contributed by atoms with Crippen molar-refractivity contribution < 1.29 is 0 Å². The molecule has 0 spiro atoms. The molecule has 0 aliphatic carbocycles. The summed E-state index contributed by atoms with van der Waals surface area (Å²) in [5.41, 5.74) is 3.42. The Kier molecular flexibility index (Phi) is 4.09. The zero-order chi connectivity index (χ0) is 11.4. The highest BCUT2D eigenvalue weighted by molar-refractivity contribution is 5.09. The molecule has 0 radical (unpaired) electrons. The van der Waals surface area contributed by atoms with Crippen LogP contribution in [-0.2, 0) is 6.54 Å². The molecular formula is C12H21N3. The lowest BCUT2D eigenvalue weighted by Gasteiger charge is -2.11. The van der Waals surface area contributed by atoms with E-state index >= 15 is 0 Å². The van der Waals surface area contributed by atoms with Gasteiger partial charge in [0.2, 0.25) is 0 Å². The predicted molar refractivity (Wildman–Crippen MR) is 64.0 cm³/mol. The molecule has 15 heavy (non-hydrogen) atoms. The zero-order valence-corrected chi connectivity index (χ0v) is 10.2. The second kappa shape index (κ2) is 5.12. The molecule has 1 aromatic heterocycles. The first-order valence-corrected chi connectivity index (χ1v) is 5.40. The molecule has 1 N–H and O–H groups in total. The maximum absolute atomic E-state index is 4.41. The molecule has 3 nitrogen and oxygen atoms in total. The van der Waals surface area contributed by atoms with Gasteiger partial charge in [0, 0.05) is 18.3 Å². The van der Waals surface area contributed by atoms with E-state index in [0.29, 0.717) is 6.04 Å². The fraction of sp³-hybridized carbons (Fsp3) is 0.583. The van der Waals surface area contributed by atoms with Crippen LogP contribution in [0.4, 0.5) is 0 Å². The van der Waals surface area contributed by atoms with Crippen molar-refractivity contribution in [3.8, 4) is 0 Å². The van der Waals surface area contributed by atoms with Gasteiger partial charge in [-0.25, -0.2) is 0 Å². The number of aryl methyl sites for hydroxylation is 2. The number of rotatable bonds is 5. The summed E-state index contributed by atoms with van der Waals surface area (Å²) in [6.07, 6.45) is 0.